The molecule has 0 heterocycles. The number of carbonyl (C=O) groups is 3. The van der Waals surface area contributed by atoms with E-state index in [1.807, 2.05) is 31.2 Å². The maximum atomic E-state index is 12.6. The second-order valence-electron chi connectivity index (χ2n) is 5.21. The van der Waals surface area contributed by atoms with Crippen LogP contribution in [0.4, 0.5) is 0 Å². The SMILES string of the molecule is COC(=O)[C@@H]1C(=O)C(Sc2ccc(C)cc2)=CC[C@H]1C(=O)OC. The molecule has 1 aliphatic rings. The Hall–Kier alpha value is -2.08. The zero-order valence-electron chi connectivity index (χ0n) is 13.2. The Balaban J connectivity index is 2.26. The van der Waals surface area contributed by atoms with Gasteiger partial charge in [-0.2, -0.15) is 0 Å². The topological polar surface area (TPSA) is 69.7 Å². The summed E-state index contributed by atoms with van der Waals surface area (Å²) in [6.45, 7) is 1.98. The molecule has 1 aromatic carbocycles. The first-order valence-corrected chi connectivity index (χ1v) is 7.94. The van der Waals surface area contributed by atoms with E-state index in [0.717, 1.165) is 10.5 Å². The molecule has 0 aliphatic heterocycles. The van der Waals surface area contributed by atoms with Gasteiger partial charge in [0.25, 0.3) is 0 Å². The molecule has 0 bridgehead atoms. The van der Waals surface area contributed by atoms with E-state index in [9.17, 15) is 14.4 Å². The average Bonchev–Trinajstić information content (AvgIpc) is 2.57. The van der Waals surface area contributed by atoms with E-state index in [-0.39, 0.29) is 6.42 Å². The van der Waals surface area contributed by atoms with Crippen molar-refractivity contribution in [3.05, 3.63) is 40.8 Å². The van der Waals surface area contributed by atoms with Gasteiger partial charge >= 0.3 is 11.9 Å². The van der Waals surface area contributed by atoms with Gasteiger partial charge in [-0.15, -0.1) is 0 Å². The van der Waals surface area contributed by atoms with Gasteiger partial charge in [0.1, 0.15) is 5.92 Å². The Kier molecular flexibility index (Phi) is 5.60. The molecule has 23 heavy (non-hydrogen) atoms. The lowest BCUT2D eigenvalue weighted by molar-refractivity contribution is -0.160. The molecule has 0 radical (unpaired) electrons. The van der Waals surface area contributed by atoms with Gasteiger partial charge in [0.15, 0.2) is 5.78 Å². The van der Waals surface area contributed by atoms with Crippen molar-refractivity contribution >= 4 is 29.5 Å². The van der Waals surface area contributed by atoms with Crippen LogP contribution in [0.2, 0.25) is 0 Å². The number of carbonyl (C=O) groups excluding carboxylic acids is 3. The van der Waals surface area contributed by atoms with Crippen LogP contribution in [0.3, 0.4) is 0 Å². The fourth-order valence-electron chi connectivity index (χ4n) is 2.41. The predicted molar refractivity (Wildman–Crippen MR) is 85.8 cm³/mol. The van der Waals surface area contributed by atoms with Gasteiger partial charge < -0.3 is 9.47 Å². The molecule has 0 N–H and O–H groups in total. The highest BCUT2D eigenvalue weighted by atomic mass is 32.2. The third kappa shape index (κ3) is 3.82. The molecule has 0 saturated carbocycles. The van der Waals surface area contributed by atoms with E-state index < -0.39 is 29.6 Å². The largest absolute Gasteiger partial charge is 0.469 e. The summed E-state index contributed by atoms with van der Waals surface area (Å²) in [7, 11) is 2.44. The number of ketones is 1. The zero-order chi connectivity index (χ0) is 17.0. The Morgan fingerprint density at radius 2 is 1.70 bits per heavy atom. The molecular weight excluding hydrogens is 316 g/mol. The monoisotopic (exact) mass is 334 g/mol. The Morgan fingerprint density at radius 1 is 1.09 bits per heavy atom. The van der Waals surface area contributed by atoms with Crippen molar-refractivity contribution < 1.29 is 23.9 Å². The van der Waals surface area contributed by atoms with Crippen molar-refractivity contribution in [2.24, 2.45) is 11.8 Å². The highest BCUT2D eigenvalue weighted by molar-refractivity contribution is 8.04. The predicted octanol–water partition coefficient (Wildman–Crippen LogP) is 2.52. The normalized spacial score (nSPS) is 20.7. The first kappa shape index (κ1) is 17.3. The van der Waals surface area contributed by atoms with Crippen LogP contribution in [0.25, 0.3) is 0 Å². The molecular formula is C17H18O5S. The number of hydrogen-bond donors (Lipinski definition) is 0. The highest BCUT2D eigenvalue weighted by Crippen LogP contribution is 2.37. The third-order valence-electron chi connectivity index (χ3n) is 3.69. The number of Topliss-reactive ketones (excluding diaryl/α,β-unsaturated/α-hetero) is 1. The van der Waals surface area contributed by atoms with Crippen molar-refractivity contribution in [2.45, 2.75) is 18.2 Å². The van der Waals surface area contributed by atoms with Crippen LogP contribution < -0.4 is 0 Å². The minimum atomic E-state index is -1.15. The minimum absolute atomic E-state index is 0.270. The summed E-state index contributed by atoms with van der Waals surface area (Å²) in [6, 6.07) is 7.72. The summed E-state index contributed by atoms with van der Waals surface area (Å²) in [5.41, 5.74) is 1.12. The van der Waals surface area contributed by atoms with Crippen molar-refractivity contribution in [1.29, 1.82) is 0 Å². The van der Waals surface area contributed by atoms with Gasteiger partial charge in [-0.05, 0) is 25.5 Å². The van der Waals surface area contributed by atoms with Crippen LogP contribution in [0.15, 0.2) is 40.1 Å². The molecule has 122 valence electrons. The molecule has 2 atom stereocenters. The lowest BCUT2D eigenvalue weighted by Gasteiger charge is -2.26. The van der Waals surface area contributed by atoms with E-state index in [0.29, 0.717) is 4.91 Å². The third-order valence-corrected chi connectivity index (χ3v) is 4.79. The van der Waals surface area contributed by atoms with Crippen LogP contribution in [0.1, 0.15) is 12.0 Å². The van der Waals surface area contributed by atoms with E-state index in [4.69, 9.17) is 9.47 Å². The lowest BCUT2D eigenvalue weighted by Crippen LogP contribution is -2.39. The van der Waals surface area contributed by atoms with Crippen LogP contribution in [0.5, 0.6) is 0 Å². The van der Waals surface area contributed by atoms with Crippen LogP contribution in [-0.4, -0.2) is 31.9 Å². The number of thioether (sulfide) groups is 1. The standard InChI is InChI=1S/C17H18O5S/c1-10-4-6-11(7-5-10)23-13-9-8-12(16(19)21-2)14(15(13)18)17(20)22-3/h4-7,9,12,14H,8H2,1-3H3/t12-,14+/m1/s1. The maximum absolute atomic E-state index is 12.6. The summed E-state index contributed by atoms with van der Waals surface area (Å²) in [5, 5.41) is 0. The van der Waals surface area contributed by atoms with Gasteiger partial charge in [-0.3, -0.25) is 14.4 Å². The van der Waals surface area contributed by atoms with Crippen LogP contribution in [0, 0.1) is 18.8 Å². The molecule has 0 aromatic heterocycles. The smallest absolute Gasteiger partial charge is 0.317 e. The van der Waals surface area contributed by atoms with E-state index in [1.165, 1.54) is 26.0 Å². The van der Waals surface area contributed by atoms with E-state index in [2.05, 4.69) is 0 Å². The second-order valence-corrected chi connectivity index (χ2v) is 6.33. The summed E-state index contributed by atoms with van der Waals surface area (Å²) >= 11 is 1.29. The number of aryl methyl sites for hydroxylation is 1. The number of allylic oxidation sites excluding steroid dienone is 2. The fraction of sp³-hybridized carbons (Fsp3) is 0.353. The van der Waals surface area contributed by atoms with Crippen molar-refractivity contribution in [3.63, 3.8) is 0 Å². The maximum Gasteiger partial charge on any atom is 0.317 e. The summed E-state index contributed by atoms with van der Waals surface area (Å²) in [4.78, 5) is 37.8. The number of methoxy groups -OCH3 is 2. The van der Waals surface area contributed by atoms with Crippen molar-refractivity contribution in [1.82, 2.24) is 0 Å². The number of benzene rings is 1. The molecule has 0 saturated heterocycles. The molecule has 0 unspecified atom stereocenters. The van der Waals surface area contributed by atoms with Gasteiger partial charge in [0.05, 0.1) is 25.0 Å². The quantitative estimate of drug-likeness (QED) is 0.622. The average molecular weight is 334 g/mol. The Labute approximate surface area is 139 Å². The second kappa shape index (κ2) is 7.46. The molecule has 0 amide bonds. The molecule has 0 fully saturated rings. The first-order valence-electron chi connectivity index (χ1n) is 7.12. The zero-order valence-corrected chi connectivity index (χ0v) is 14.0. The number of ether oxygens (including phenoxy) is 2. The lowest BCUT2D eigenvalue weighted by atomic mass is 9.82. The van der Waals surface area contributed by atoms with Gasteiger partial charge in [0.2, 0.25) is 0 Å². The molecule has 1 aromatic rings. The van der Waals surface area contributed by atoms with E-state index >= 15 is 0 Å². The molecule has 6 heteroatoms. The van der Waals surface area contributed by atoms with Crippen LogP contribution >= 0.6 is 11.8 Å². The molecule has 2 rings (SSSR count). The minimum Gasteiger partial charge on any atom is -0.469 e. The fourth-order valence-corrected chi connectivity index (χ4v) is 3.35. The summed E-state index contributed by atoms with van der Waals surface area (Å²) in [5.74, 6) is -3.67. The van der Waals surface area contributed by atoms with Crippen molar-refractivity contribution in [3.8, 4) is 0 Å². The Bertz CT molecular complexity index is 647. The van der Waals surface area contributed by atoms with E-state index in [1.54, 1.807) is 6.08 Å². The Morgan fingerprint density at radius 3 is 2.26 bits per heavy atom. The molecule has 5 nitrogen and oxygen atoms in total. The van der Waals surface area contributed by atoms with Crippen LogP contribution in [-0.2, 0) is 23.9 Å². The van der Waals surface area contributed by atoms with Gasteiger partial charge in [-0.1, -0.05) is 35.5 Å². The first-order chi connectivity index (χ1) is 11.0. The molecule has 0 spiro atoms. The van der Waals surface area contributed by atoms with Gasteiger partial charge in [0, 0.05) is 4.90 Å². The van der Waals surface area contributed by atoms with Crippen molar-refractivity contribution in [2.75, 3.05) is 14.2 Å². The van der Waals surface area contributed by atoms with Gasteiger partial charge in [-0.25, -0.2) is 0 Å². The molecule has 1 aliphatic carbocycles. The number of hydrogen-bond acceptors (Lipinski definition) is 6. The summed E-state index contributed by atoms with van der Waals surface area (Å²) < 4.78 is 9.39. The number of esters is 2. The highest BCUT2D eigenvalue weighted by Gasteiger charge is 2.44. The summed E-state index contributed by atoms with van der Waals surface area (Å²) in [6.07, 6.45) is 1.96. The number of rotatable bonds is 4.